The van der Waals surface area contributed by atoms with Gasteiger partial charge in [-0.25, -0.2) is 0 Å². The molecular formula is C29H31N5O3S. The number of ether oxygens (including phenoxy) is 1. The van der Waals surface area contributed by atoms with Gasteiger partial charge in [-0.2, -0.15) is 0 Å². The summed E-state index contributed by atoms with van der Waals surface area (Å²) in [6, 6.07) is 19.0. The minimum absolute atomic E-state index is 0.131. The SMILES string of the molecule is COc1ccc(C(=O)NCc2nnc(SCC(=O)Nc3cc(C)ccc3C)n2-c2cc(C)ccc2C)cc1. The first-order valence-electron chi connectivity index (χ1n) is 12.2. The highest BCUT2D eigenvalue weighted by Gasteiger charge is 2.19. The van der Waals surface area contributed by atoms with Crippen molar-refractivity contribution in [2.75, 3.05) is 18.2 Å². The number of methoxy groups -OCH3 is 1. The smallest absolute Gasteiger partial charge is 0.251 e. The highest BCUT2D eigenvalue weighted by molar-refractivity contribution is 7.99. The summed E-state index contributed by atoms with van der Waals surface area (Å²) in [7, 11) is 1.58. The molecule has 1 heterocycles. The molecule has 0 saturated heterocycles. The van der Waals surface area contributed by atoms with E-state index >= 15 is 0 Å². The Morgan fingerprint density at radius 2 is 1.58 bits per heavy atom. The zero-order valence-electron chi connectivity index (χ0n) is 22.2. The molecule has 0 spiro atoms. The third-order valence-electron chi connectivity index (χ3n) is 6.06. The Bertz CT molecular complexity index is 1460. The molecule has 0 unspecified atom stereocenters. The predicted octanol–water partition coefficient (Wildman–Crippen LogP) is 5.17. The van der Waals surface area contributed by atoms with E-state index in [0.717, 1.165) is 33.6 Å². The van der Waals surface area contributed by atoms with Gasteiger partial charge in [-0.05, 0) is 86.3 Å². The van der Waals surface area contributed by atoms with Crippen LogP contribution in [0.15, 0.2) is 65.8 Å². The van der Waals surface area contributed by atoms with Crippen molar-refractivity contribution < 1.29 is 14.3 Å². The molecule has 1 aromatic heterocycles. The highest BCUT2D eigenvalue weighted by atomic mass is 32.2. The highest BCUT2D eigenvalue weighted by Crippen LogP contribution is 2.26. The lowest BCUT2D eigenvalue weighted by Gasteiger charge is -2.14. The Hall–Kier alpha value is -4.11. The van der Waals surface area contributed by atoms with Crippen molar-refractivity contribution in [3.63, 3.8) is 0 Å². The van der Waals surface area contributed by atoms with Crippen molar-refractivity contribution in [3.05, 3.63) is 94.3 Å². The summed E-state index contributed by atoms with van der Waals surface area (Å²) >= 11 is 1.30. The molecule has 2 amide bonds. The molecule has 4 rings (SSSR count). The van der Waals surface area contributed by atoms with Crippen molar-refractivity contribution in [3.8, 4) is 11.4 Å². The molecule has 0 saturated carbocycles. The van der Waals surface area contributed by atoms with Crippen LogP contribution in [0.4, 0.5) is 5.69 Å². The van der Waals surface area contributed by atoms with Gasteiger partial charge in [0.05, 0.1) is 25.1 Å². The molecule has 0 fully saturated rings. The molecule has 3 aromatic carbocycles. The molecule has 0 atom stereocenters. The van der Waals surface area contributed by atoms with Crippen LogP contribution in [0.3, 0.4) is 0 Å². The monoisotopic (exact) mass is 529 g/mol. The second kappa shape index (κ2) is 12.0. The maximum absolute atomic E-state index is 12.8. The quantitative estimate of drug-likeness (QED) is 0.290. The molecule has 4 aromatic rings. The lowest BCUT2D eigenvalue weighted by Crippen LogP contribution is -2.24. The maximum atomic E-state index is 12.8. The number of nitrogens with zero attached hydrogens (tertiary/aromatic N) is 3. The molecule has 0 aliphatic rings. The third-order valence-corrected chi connectivity index (χ3v) is 6.99. The molecule has 38 heavy (non-hydrogen) atoms. The molecule has 2 N–H and O–H groups in total. The first-order chi connectivity index (χ1) is 18.2. The van der Waals surface area contributed by atoms with Gasteiger partial charge < -0.3 is 15.4 Å². The van der Waals surface area contributed by atoms with E-state index in [2.05, 4.69) is 20.8 Å². The second-order valence-corrected chi connectivity index (χ2v) is 10.0. The van der Waals surface area contributed by atoms with E-state index in [9.17, 15) is 9.59 Å². The molecule has 0 aliphatic heterocycles. The van der Waals surface area contributed by atoms with Gasteiger partial charge in [-0.1, -0.05) is 36.0 Å². The van der Waals surface area contributed by atoms with Gasteiger partial charge in [0, 0.05) is 11.3 Å². The van der Waals surface area contributed by atoms with E-state index < -0.39 is 0 Å². The van der Waals surface area contributed by atoms with Gasteiger partial charge in [0.1, 0.15) is 5.75 Å². The van der Waals surface area contributed by atoms with Crippen molar-refractivity contribution in [2.24, 2.45) is 0 Å². The van der Waals surface area contributed by atoms with Crippen LogP contribution >= 0.6 is 11.8 Å². The minimum Gasteiger partial charge on any atom is -0.497 e. The van der Waals surface area contributed by atoms with Crippen molar-refractivity contribution in [1.82, 2.24) is 20.1 Å². The number of aryl methyl sites for hydroxylation is 4. The second-order valence-electron chi connectivity index (χ2n) is 9.09. The van der Waals surface area contributed by atoms with Crippen molar-refractivity contribution in [1.29, 1.82) is 0 Å². The van der Waals surface area contributed by atoms with E-state index in [1.807, 2.05) is 68.7 Å². The fourth-order valence-electron chi connectivity index (χ4n) is 3.90. The number of anilines is 1. The standard InChI is InChI=1S/C29H31N5O3S/c1-18-6-8-20(3)24(14-18)31-27(35)17-38-29-33-32-26(34(29)25-15-19(2)7-9-21(25)4)16-30-28(36)22-10-12-23(37-5)13-11-22/h6-15H,16-17H2,1-5H3,(H,30,36)(H,31,35). The number of carbonyl (C=O) groups is 2. The zero-order chi connectivity index (χ0) is 27.2. The van der Waals surface area contributed by atoms with Crippen LogP contribution in [0.1, 0.15) is 38.4 Å². The average molecular weight is 530 g/mol. The first kappa shape index (κ1) is 26.9. The number of benzene rings is 3. The molecule has 196 valence electrons. The van der Waals surface area contributed by atoms with Crippen LogP contribution in [0, 0.1) is 27.7 Å². The van der Waals surface area contributed by atoms with E-state index in [4.69, 9.17) is 4.74 Å². The van der Waals surface area contributed by atoms with E-state index in [0.29, 0.717) is 22.3 Å². The van der Waals surface area contributed by atoms with E-state index in [-0.39, 0.29) is 24.1 Å². The van der Waals surface area contributed by atoms with Gasteiger partial charge in [-0.3, -0.25) is 14.2 Å². The van der Waals surface area contributed by atoms with Crippen LogP contribution in [-0.2, 0) is 11.3 Å². The first-order valence-corrected chi connectivity index (χ1v) is 13.2. The number of rotatable bonds is 9. The van der Waals surface area contributed by atoms with Gasteiger partial charge in [0.15, 0.2) is 11.0 Å². The summed E-state index contributed by atoms with van der Waals surface area (Å²) in [5, 5.41) is 15.2. The number of hydrogen-bond donors (Lipinski definition) is 2. The van der Waals surface area contributed by atoms with Gasteiger partial charge >= 0.3 is 0 Å². The normalized spacial score (nSPS) is 10.8. The van der Waals surface area contributed by atoms with Crippen LogP contribution < -0.4 is 15.4 Å². The summed E-state index contributed by atoms with van der Waals surface area (Å²) in [6.07, 6.45) is 0. The number of aromatic nitrogens is 3. The van der Waals surface area contributed by atoms with Crippen LogP contribution in [0.2, 0.25) is 0 Å². The number of carbonyl (C=O) groups excluding carboxylic acids is 2. The zero-order valence-corrected chi connectivity index (χ0v) is 23.0. The molecule has 0 aliphatic carbocycles. The summed E-state index contributed by atoms with van der Waals surface area (Å²) in [5.74, 6) is 1.05. The molecule has 8 nitrogen and oxygen atoms in total. The Labute approximate surface area is 226 Å². The Kier molecular flexibility index (Phi) is 8.48. The summed E-state index contributed by atoms with van der Waals surface area (Å²) in [4.78, 5) is 25.6. The van der Waals surface area contributed by atoms with Crippen LogP contribution in [0.25, 0.3) is 5.69 Å². The van der Waals surface area contributed by atoms with Gasteiger partial charge in [0.2, 0.25) is 5.91 Å². The minimum atomic E-state index is -0.231. The lowest BCUT2D eigenvalue weighted by molar-refractivity contribution is -0.113. The van der Waals surface area contributed by atoms with Crippen molar-refractivity contribution >= 4 is 29.3 Å². The van der Waals surface area contributed by atoms with E-state index in [1.165, 1.54) is 11.8 Å². The maximum Gasteiger partial charge on any atom is 0.251 e. The Morgan fingerprint density at radius 3 is 2.29 bits per heavy atom. The predicted molar refractivity (Wildman–Crippen MR) is 150 cm³/mol. The summed E-state index contributed by atoms with van der Waals surface area (Å²) in [6.45, 7) is 8.15. The number of amides is 2. The summed E-state index contributed by atoms with van der Waals surface area (Å²) < 4.78 is 7.08. The summed E-state index contributed by atoms with van der Waals surface area (Å²) in [5.41, 5.74) is 6.41. The van der Waals surface area contributed by atoms with Crippen LogP contribution in [-0.4, -0.2) is 39.4 Å². The average Bonchev–Trinajstić information content (AvgIpc) is 3.32. The Balaban J connectivity index is 1.54. The van der Waals surface area contributed by atoms with E-state index in [1.54, 1.807) is 31.4 Å². The number of thioether (sulfide) groups is 1. The fraction of sp³-hybridized carbons (Fsp3) is 0.241. The van der Waals surface area contributed by atoms with Gasteiger partial charge in [-0.15, -0.1) is 10.2 Å². The molecule has 0 radical (unpaired) electrons. The molecule has 9 heteroatoms. The largest absolute Gasteiger partial charge is 0.497 e. The topological polar surface area (TPSA) is 98.1 Å². The molecular weight excluding hydrogens is 498 g/mol. The fourth-order valence-corrected chi connectivity index (χ4v) is 4.67. The Morgan fingerprint density at radius 1 is 0.895 bits per heavy atom. The van der Waals surface area contributed by atoms with Crippen LogP contribution in [0.5, 0.6) is 5.75 Å². The number of nitrogens with one attached hydrogen (secondary N) is 2. The lowest BCUT2D eigenvalue weighted by atomic mass is 10.1. The van der Waals surface area contributed by atoms with Gasteiger partial charge in [0.25, 0.3) is 5.91 Å². The third kappa shape index (κ3) is 6.41. The van der Waals surface area contributed by atoms with Crippen molar-refractivity contribution in [2.45, 2.75) is 39.4 Å². The number of hydrogen-bond acceptors (Lipinski definition) is 6. The molecule has 0 bridgehead atoms.